The van der Waals surface area contributed by atoms with Crippen LogP contribution in [0.25, 0.3) is 0 Å². The summed E-state index contributed by atoms with van der Waals surface area (Å²) in [6, 6.07) is 6.72. The lowest BCUT2D eigenvalue weighted by molar-refractivity contribution is -0.117. The quantitative estimate of drug-likeness (QED) is 0.580. The second kappa shape index (κ2) is 6.40. The highest BCUT2D eigenvalue weighted by Crippen LogP contribution is 2.33. The van der Waals surface area contributed by atoms with Crippen molar-refractivity contribution in [1.29, 1.82) is 0 Å². The second-order valence-electron chi connectivity index (χ2n) is 4.62. The van der Waals surface area contributed by atoms with E-state index in [1.54, 1.807) is 24.3 Å². The molecule has 1 heterocycles. The predicted molar refractivity (Wildman–Crippen MR) is 74.6 cm³/mol. The van der Waals surface area contributed by atoms with Crippen molar-refractivity contribution in [3.63, 3.8) is 0 Å². The Morgan fingerprint density at radius 2 is 2.05 bits per heavy atom. The summed E-state index contributed by atoms with van der Waals surface area (Å²) in [7, 11) is -3.20. The third kappa shape index (κ3) is 3.70. The van der Waals surface area contributed by atoms with Crippen molar-refractivity contribution in [2.75, 3.05) is 31.8 Å². The maximum atomic E-state index is 13.1. The van der Waals surface area contributed by atoms with Crippen molar-refractivity contribution >= 4 is 21.8 Å². The van der Waals surface area contributed by atoms with E-state index in [1.165, 1.54) is 12.0 Å². The van der Waals surface area contributed by atoms with E-state index in [1.807, 2.05) is 0 Å². The molecule has 0 saturated carbocycles. The molecule has 2 rings (SSSR count). The van der Waals surface area contributed by atoms with Crippen molar-refractivity contribution < 1.29 is 26.6 Å². The summed E-state index contributed by atoms with van der Waals surface area (Å²) < 4.78 is 45.3. The number of nitrogens with zero attached hydrogens (tertiary/aromatic N) is 1. The zero-order valence-corrected chi connectivity index (χ0v) is 12.3. The van der Waals surface area contributed by atoms with Gasteiger partial charge in [0.25, 0.3) is 0 Å². The molecule has 0 aromatic heterocycles. The van der Waals surface area contributed by atoms with Crippen molar-refractivity contribution in [1.82, 2.24) is 0 Å². The van der Waals surface area contributed by atoms with Gasteiger partial charge in [0.2, 0.25) is 5.91 Å². The lowest BCUT2D eigenvalue weighted by Crippen LogP contribution is -2.27. The Bertz CT molecular complexity index is 619. The van der Waals surface area contributed by atoms with E-state index in [-0.39, 0.29) is 13.0 Å². The molecular weight excluding hydrogens is 301 g/mol. The number of halogens is 1. The number of para-hydroxylation sites is 2. The molecule has 0 N–H and O–H groups in total. The Morgan fingerprint density at radius 1 is 1.33 bits per heavy atom. The van der Waals surface area contributed by atoms with Crippen LogP contribution in [0.15, 0.2) is 24.3 Å². The average molecular weight is 317 g/mol. The van der Waals surface area contributed by atoms with Gasteiger partial charge in [0.05, 0.1) is 12.3 Å². The minimum atomic E-state index is -4.73. The van der Waals surface area contributed by atoms with Gasteiger partial charge >= 0.3 is 10.2 Å². The highest BCUT2D eigenvalue weighted by molar-refractivity contribution is 7.87. The Labute approximate surface area is 122 Å². The molecule has 1 unspecified atom stereocenters. The fraction of sp³-hybridized carbons (Fsp3) is 0.462. The molecule has 1 aliphatic rings. The van der Waals surface area contributed by atoms with Gasteiger partial charge in [0.15, 0.2) is 0 Å². The highest BCUT2D eigenvalue weighted by atomic mass is 32.3. The maximum absolute atomic E-state index is 13.1. The summed E-state index contributed by atoms with van der Waals surface area (Å²) in [5.74, 6) is -0.0103. The summed E-state index contributed by atoms with van der Waals surface area (Å²) >= 11 is 0. The molecule has 0 radical (unpaired) electrons. The molecule has 1 saturated heterocycles. The zero-order valence-electron chi connectivity index (χ0n) is 11.5. The number of amides is 1. The van der Waals surface area contributed by atoms with Crippen LogP contribution in [0.2, 0.25) is 0 Å². The summed E-state index contributed by atoms with van der Waals surface area (Å²) in [6.07, 6.45) is -0.356. The Morgan fingerprint density at radius 3 is 2.67 bits per heavy atom. The van der Waals surface area contributed by atoms with Gasteiger partial charge in [0, 0.05) is 20.1 Å². The van der Waals surface area contributed by atoms with Crippen molar-refractivity contribution in [3.05, 3.63) is 24.3 Å². The summed E-state index contributed by atoms with van der Waals surface area (Å²) in [5.41, 5.74) is 0.435. The molecular formula is C13H16FNO5S. The first kappa shape index (κ1) is 15.7. The molecule has 1 amide bonds. The van der Waals surface area contributed by atoms with Crippen LogP contribution in [0.5, 0.6) is 5.75 Å². The van der Waals surface area contributed by atoms with Crippen LogP contribution in [0.3, 0.4) is 0 Å². The number of benzene rings is 1. The molecule has 1 aliphatic heterocycles. The minimum Gasteiger partial charge on any atom is -0.489 e. The van der Waals surface area contributed by atoms with E-state index in [9.17, 15) is 17.1 Å². The summed E-state index contributed by atoms with van der Waals surface area (Å²) in [6.45, 7) is 0.465. The van der Waals surface area contributed by atoms with Gasteiger partial charge in [0.1, 0.15) is 17.6 Å². The number of carbonyl (C=O) groups is 1. The smallest absolute Gasteiger partial charge is 0.307 e. The Kier molecular flexibility index (Phi) is 4.79. The molecule has 8 heteroatoms. The molecule has 0 aliphatic carbocycles. The van der Waals surface area contributed by atoms with Crippen LogP contribution in [0, 0.1) is 0 Å². The van der Waals surface area contributed by atoms with E-state index >= 15 is 0 Å². The van der Waals surface area contributed by atoms with Gasteiger partial charge in [-0.3, -0.25) is 4.79 Å². The van der Waals surface area contributed by atoms with E-state index in [4.69, 9.17) is 9.47 Å². The van der Waals surface area contributed by atoms with Crippen molar-refractivity contribution in [2.24, 2.45) is 0 Å². The third-order valence-corrected chi connectivity index (χ3v) is 4.30. The van der Waals surface area contributed by atoms with E-state index in [0.717, 1.165) is 0 Å². The molecule has 1 fully saturated rings. The van der Waals surface area contributed by atoms with Crippen LogP contribution in [0.4, 0.5) is 9.57 Å². The van der Waals surface area contributed by atoms with Gasteiger partial charge in [-0.2, -0.15) is 8.42 Å². The number of hydrogen-bond acceptors (Lipinski definition) is 5. The number of methoxy groups -OCH3 is 1. The average Bonchev–Trinajstić information content (AvgIpc) is 2.82. The lowest BCUT2D eigenvalue weighted by atomic mass is 10.2. The van der Waals surface area contributed by atoms with Gasteiger partial charge in [-0.05, 0) is 12.1 Å². The number of hydrogen-bond donors (Lipinski definition) is 0. The van der Waals surface area contributed by atoms with Crippen LogP contribution >= 0.6 is 0 Å². The second-order valence-corrected chi connectivity index (χ2v) is 6.23. The lowest BCUT2D eigenvalue weighted by Gasteiger charge is -2.20. The Balaban J connectivity index is 2.20. The first-order chi connectivity index (χ1) is 9.93. The normalized spacial score (nSPS) is 19.0. The zero-order chi connectivity index (χ0) is 15.5. The predicted octanol–water partition coefficient (Wildman–Crippen LogP) is 1.12. The van der Waals surface area contributed by atoms with Gasteiger partial charge in [-0.1, -0.05) is 12.1 Å². The van der Waals surface area contributed by atoms with Gasteiger partial charge < -0.3 is 14.4 Å². The number of ether oxygens (including phenoxy) is 2. The van der Waals surface area contributed by atoms with Crippen LogP contribution in [-0.2, 0) is 19.8 Å². The molecule has 0 spiro atoms. The van der Waals surface area contributed by atoms with Crippen LogP contribution in [-0.4, -0.2) is 46.4 Å². The molecule has 21 heavy (non-hydrogen) atoms. The number of carbonyl (C=O) groups excluding carboxylic acids is 1. The minimum absolute atomic E-state index is 0.206. The Hall–Kier alpha value is -1.67. The van der Waals surface area contributed by atoms with Crippen LogP contribution < -0.4 is 9.64 Å². The van der Waals surface area contributed by atoms with E-state index in [2.05, 4.69) is 0 Å². The molecule has 1 atom stereocenters. The third-order valence-electron chi connectivity index (χ3n) is 3.19. The monoisotopic (exact) mass is 317 g/mol. The first-order valence-electron chi connectivity index (χ1n) is 6.38. The van der Waals surface area contributed by atoms with Crippen LogP contribution in [0.1, 0.15) is 6.42 Å². The van der Waals surface area contributed by atoms with Gasteiger partial charge in [-0.15, -0.1) is 3.89 Å². The van der Waals surface area contributed by atoms with Gasteiger partial charge in [-0.25, -0.2) is 0 Å². The van der Waals surface area contributed by atoms with E-state index < -0.39 is 21.4 Å². The molecule has 1 aromatic carbocycles. The first-order valence-corrected chi connectivity index (χ1v) is 7.82. The fourth-order valence-corrected chi connectivity index (χ4v) is 2.80. The molecule has 1 aromatic rings. The van der Waals surface area contributed by atoms with Crippen molar-refractivity contribution in [3.8, 4) is 5.75 Å². The number of anilines is 1. The van der Waals surface area contributed by atoms with E-state index in [0.29, 0.717) is 24.7 Å². The topological polar surface area (TPSA) is 72.9 Å². The SMILES string of the molecule is COCCOc1ccccc1N1CC(S(=O)(=O)F)CC1=O. The highest BCUT2D eigenvalue weighted by Gasteiger charge is 2.39. The molecule has 0 bridgehead atoms. The summed E-state index contributed by atoms with van der Waals surface area (Å²) in [4.78, 5) is 13.2. The molecule has 6 nitrogen and oxygen atoms in total. The van der Waals surface area contributed by atoms with Crippen molar-refractivity contribution in [2.45, 2.75) is 11.7 Å². The maximum Gasteiger partial charge on any atom is 0.307 e. The molecule has 116 valence electrons. The number of rotatable bonds is 6. The standard InChI is InChI=1S/C13H16FNO5S/c1-19-6-7-20-12-5-3-2-4-11(12)15-9-10(8-13(15)16)21(14,17)18/h2-5,10H,6-9H2,1H3. The largest absolute Gasteiger partial charge is 0.489 e. The summed E-state index contributed by atoms with van der Waals surface area (Å²) in [5, 5.41) is -1.32. The fourth-order valence-electron chi connectivity index (χ4n) is 2.13.